The Morgan fingerprint density at radius 3 is 2.69 bits per heavy atom. The summed E-state index contributed by atoms with van der Waals surface area (Å²) < 4.78 is 7.44. The zero-order chi connectivity index (χ0) is 19.7. The van der Waals surface area contributed by atoms with Gasteiger partial charge in [-0.3, -0.25) is 14.6 Å². The lowest BCUT2D eigenvalue weighted by molar-refractivity contribution is 0.0374. The summed E-state index contributed by atoms with van der Waals surface area (Å²) in [6.07, 6.45) is 6.98. The lowest BCUT2D eigenvalue weighted by atomic mass is 10.1. The molecule has 0 atom stereocenters. The molecule has 1 fully saturated rings. The Morgan fingerprint density at radius 2 is 1.90 bits per heavy atom. The van der Waals surface area contributed by atoms with Crippen molar-refractivity contribution in [2.24, 2.45) is 0 Å². The van der Waals surface area contributed by atoms with Crippen molar-refractivity contribution < 1.29 is 4.74 Å². The first-order valence-corrected chi connectivity index (χ1v) is 10.4. The Hall–Kier alpha value is -2.54. The molecule has 1 N–H and O–H groups in total. The van der Waals surface area contributed by atoms with Gasteiger partial charge in [0.25, 0.3) is 0 Å². The van der Waals surface area contributed by atoms with Crippen LogP contribution in [0.5, 0.6) is 0 Å². The van der Waals surface area contributed by atoms with Crippen LogP contribution >= 0.6 is 0 Å². The molecule has 3 aromatic rings. The molecule has 0 spiro atoms. The molecular weight excluding hydrogens is 362 g/mol. The molecule has 29 heavy (non-hydrogen) atoms. The predicted molar refractivity (Wildman–Crippen MR) is 115 cm³/mol. The molecule has 0 aliphatic carbocycles. The van der Waals surface area contributed by atoms with Gasteiger partial charge in [-0.05, 0) is 37.2 Å². The summed E-state index contributed by atoms with van der Waals surface area (Å²) in [4.78, 5) is 6.75. The minimum Gasteiger partial charge on any atom is -0.379 e. The van der Waals surface area contributed by atoms with Crippen LogP contribution in [0.2, 0.25) is 0 Å². The van der Waals surface area contributed by atoms with E-state index >= 15 is 0 Å². The van der Waals surface area contributed by atoms with Crippen LogP contribution in [-0.2, 0) is 17.8 Å². The van der Waals surface area contributed by atoms with Crippen molar-refractivity contribution in [1.82, 2.24) is 25.0 Å². The van der Waals surface area contributed by atoms with Crippen LogP contribution in [0.25, 0.3) is 11.3 Å². The number of benzene rings is 1. The first-order valence-electron chi connectivity index (χ1n) is 10.4. The third kappa shape index (κ3) is 5.73. The topological polar surface area (TPSA) is 55.2 Å². The van der Waals surface area contributed by atoms with Crippen molar-refractivity contribution >= 4 is 0 Å². The number of aromatic nitrogens is 3. The van der Waals surface area contributed by atoms with Gasteiger partial charge in [0.15, 0.2) is 0 Å². The highest BCUT2D eigenvalue weighted by Gasteiger charge is 2.12. The molecule has 1 aliphatic rings. The molecule has 3 heterocycles. The highest BCUT2D eigenvalue weighted by molar-refractivity contribution is 5.61. The Morgan fingerprint density at radius 1 is 1.03 bits per heavy atom. The summed E-state index contributed by atoms with van der Waals surface area (Å²) in [5.74, 6) is 0. The Labute approximate surface area is 172 Å². The maximum atomic E-state index is 5.41. The average molecular weight is 392 g/mol. The van der Waals surface area contributed by atoms with E-state index in [9.17, 15) is 0 Å². The summed E-state index contributed by atoms with van der Waals surface area (Å²) in [5, 5.41) is 8.46. The molecule has 152 valence electrons. The highest BCUT2D eigenvalue weighted by Crippen LogP contribution is 2.21. The van der Waals surface area contributed by atoms with Gasteiger partial charge in [0.1, 0.15) is 0 Å². The fraction of sp³-hybridized carbons (Fsp3) is 0.391. The van der Waals surface area contributed by atoms with E-state index in [1.807, 2.05) is 23.0 Å². The molecule has 0 unspecified atom stereocenters. The van der Waals surface area contributed by atoms with E-state index in [4.69, 9.17) is 9.84 Å². The van der Waals surface area contributed by atoms with Crippen molar-refractivity contribution in [2.75, 3.05) is 39.4 Å². The van der Waals surface area contributed by atoms with Crippen molar-refractivity contribution in [3.8, 4) is 11.3 Å². The Balaban J connectivity index is 1.37. The van der Waals surface area contributed by atoms with E-state index in [0.29, 0.717) is 0 Å². The smallest absolute Gasteiger partial charge is 0.0983 e. The van der Waals surface area contributed by atoms with Gasteiger partial charge in [-0.2, -0.15) is 5.10 Å². The third-order valence-electron chi connectivity index (χ3n) is 5.21. The monoisotopic (exact) mass is 391 g/mol. The third-order valence-corrected chi connectivity index (χ3v) is 5.21. The van der Waals surface area contributed by atoms with Gasteiger partial charge in [-0.15, -0.1) is 0 Å². The normalized spacial score (nSPS) is 14.9. The number of nitrogens with one attached hydrogen (secondary N) is 1. The lowest BCUT2D eigenvalue weighted by Gasteiger charge is -2.26. The van der Waals surface area contributed by atoms with E-state index in [0.717, 1.165) is 70.2 Å². The van der Waals surface area contributed by atoms with Crippen molar-refractivity contribution in [2.45, 2.75) is 19.5 Å². The molecule has 1 aromatic carbocycles. The molecule has 1 saturated heterocycles. The van der Waals surface area contributed by atoms with Crippen molar-refractivity contribution in [3.05, 3.63) is 72.2 Å². The summed E-state index contributed by atoms with van der Waals surface area (Å²) >= 11 is 0. The van der Waals surface area contributed by atoms with E-state index < -0.39 is 0 Å². The summed E-state index contributed by atoms with van der Waals surface area (Å²) in [7, 11) is 0. The minimum atomic E-state index is 0.769. The average Bonchev–Trinajstić information content (AvgIpc) is 3.18. The van der Waals surface area contributed by atoms with Gasteiger partial charge < -0.3 is 10.1 Å². The molecule has 0 radical (unpaired) electrons. The van der Waals surface area contributed by atoms with Crippen molar-refractivity contribution in [3.63, 3.8) is 0 Å². The molecule has 4 rings (SSSR count). The lowest BCUT2D eigenvalue weighted by Crippen LogP contribution is -2.37. The summed E-state index contributed by atoms with van der Waals surface area (Å²) in [6, 6.07) is 14.5. The molecule has 0 amide bonds. The van der Waals surface area contributed by atoms with Crippen LogP contribution in [0.1, 0.15) is 17.5 Å². The van der Waals surface area contributed by atoms with E-state index in [-0.39, 0.29) is 0 Å². The van der Waals surface area contributed by atoms with Gasteiger partial charge in [-0.1, -0.05) is 30.3 Å². The van der Waals surface area contributed by atoms with E-state index in [1.165, 1.54) is 11.1 Å². The zero-order valence-corrected chi connectivity index (χ0v) is 16.8. The zero-order valence-electron chi connectivity index (χ0n) is 16.8. The van der Waals surface area contributed by atoms with Gasteiger partial charge in [0.2, 0.25) is 0 Å². The van der Waals surface area contributed by atoms with Crippen molar-refractivity contribution in [1.29, 1.82) is 0 Å². The quantitative estimate of drug-likeness (QED) is 0.569. The number of hydrogen-bond acceptors (Lipinski definition) is 5. The molecule has 6 nitrogen and oxygen atoms in total. The molecule has 0 bridgehead atoms. The fourth-order valence-electron chi connectivity index (χ4n) is 3.66. The van der Waals surface area contributed by atoms with Crippen LogP contribution in [0, 0.1) is 0 Å². The van der Waals surface area contributed by atoms with E-state index in [1.54, 1.807) is 6.20 Å². The summed E-state index contributed by atoms with van der Waals surface area (Å²) in [5.41, 5.74) is 4.53. The molecule has 0 saturated carbocycles. The van der Waals surface area contributed by atoms with Gasteiger partial charge in [0.05, 0.1) is 25.5 Å². The van der Waals surface area contributed by atoms with Gasteiger partial charge in [0, 0.05) is 49.4 Å². The number of rotatable bonds is 9. The number of pyridine rings is 1. The number of nitrogens with zero attached hydrogens (tertiary/aromatic N) is 4. The molecule has 6 heteroatoms. The second-order valence-corrected chi connectivity index (χ2v) is 7.41. The van der Waals surface area contributed by atoms with Crippen LogP contribution in [0.15, 0.2) is 61.1 Å². The maximum absolute atomic E-state index is 5.41. The second-order valence-electron chi connectivity index (χ2n) is 7.41. The fourth-order valence-corrected chi connectivity index (χ4v) is 3.66. The predicted octanol–water partition coefficient (Wildman–Crippen LogP) is 2.81. The molecule has 2 aromatic heterocycles. The minimum absolute atomic E-state index is 0.769. The first kappa shape index (κ1) is 19.8. The van der Waals surface area contributed by atoms with Crippen LogP contribution < -0.4 is 5.32 Å². The maximum Gasteiger partial charge on any atom is 0.0983 e. The number of hydrogen-bond donors (Lipinski definition) is 1. The summed E-state index contributed by atoms with van der Waals surface area (Å²) in [6.45, 7) is 7.53. The Bertz CT molecular complexity index is 859. The van der Waals surface area contributed by atoms with Gasteiger partial charge in [-0.25, -0.2) is 0 Å². The number of ether oxygens (including phenoxy) is 1. The SMILES string of the molecule is c1ccc(Cn2cc(CNCCCN3CCOCC3)c(-c3cccnc3)n2)cc1. The van der Waals surface area contributed by atoms with E-state index in [2.05, 4.69) is 51.7 Å². The standard InChI is InChI=1S/C23H29N5O/c1-2-6-20(7-3-1)18-28-19-22(23(26-28)21-8-4-9-24-16-21)17-25-10-5-11-27-12-14-29-15-13-27/h1-4,6-9,16,19,25H,5,10-15,17-18H2. The van der Waals surface area contributed by atoms with Crippen LogP contribution in [-0.4, -0.2) is 59.1 Å². The Kier molecular flexibility index (Phi) is 7.02. The number of morpholine rings is 1. The second kappa shape index (κ2) is 10.3. The largest absolute Gasteiger partial charge is 0.379 e. The van der Waals surface area contributed by atoms with Gasteiger partial charge >= 0.3 is 0 Å². The molecule has 1 aliphatic heterocycles. The van der Waals surface area contributed by atoms with Crippen LogP contribution in [0.4, 0.5) is 0 Å². The molecular formula is C23H29N5O. The highest BCUT2D eigenvalue weighted by atomic mass is 16.5. The first-order chi connectivity index (χ1) is 14.4. The van der Waals surface area contributed by atoms with Crippen LogP contribution in [0.3, 0.4) is 0 Å².